The van der Waals surface area contributed by atoms with Crippen molar-refractivity contribution < 1.29 is 0 Å². The Bertz CT molecular complexity index is 445. The normalized spacial score (nSPS) is 10.4. The number of benzene rings is 1. The third-order valence-corrected chi connectivity index (χ3v) is 2.75. The maximum absolute atomic E-state index is 5.95. The van der Waals surface area contributed by atoms with Crippen molar-refractivity contribution in [3.05, 3.63) is 34.2 Å². The van der Waals surface area contributed by atoms with E-state index >= 15 is 0 Å². The molecular formula is C10H9ClN2S. The number of aryl methyl sites for hydroxylation is 1. The van der Waals surface area contributed by atoms with Crippen molar-refractivity contribution in [3.63, 3.8) is 0 Å². The SMILES string of the molecule is Cc1cc(Cl)cc(-c2csc(N)n2)c1. The van der Waals surface area contributed by atoms with Gasteiger partial charge in [-0.1, -0.05) is 11.6 Å². The third-order valence-electron chi connectivity index (χ3n) is 1.86. The van der Waals surface area contributed by atoms with Crippen molar-refractivity contribution in [2.75, 3.05) is 5.73 Å². The monoisotopic (exact) mass is 224 g/mol. The van der Waals surface area contributed by atoms with E-state index in [4.69, 9.17) is 17.3 Å². The molecule has 0 fully saturated rings. The molecule has 2 rings (SSSR count). The zero-order chi connectivity index (χ0) is 10.1. The fourth-order valence-corrected chi connectivity index (χ4v) is 2.17. The van der Waals surface area contributed by atoms with E-state index in [-0.39, 0.29) is 0 Å². The summed E-state index contributed by atoms with van der Waals surface area (Å²) in [7, 11) is 0. The summed E-state index contributed by atoms with van der Waals surface area (Å²) in [5.74, 6) is 0. The van der Waals surface area contributed by atoms with Crippen LogP contribution in [0, 0.1) is 6.92 Å². The number of halogens is 1. The molecule has 0 saturated carbocycles. The van der Waals surface area contributed by atoms with Crippen molar-refractivity contribution in [1.29, 1.82) is 0 Å². The minimum atomic E-state index is 0.581. The Labute approximate surface area is 91.4 Å². The van der Waals surface area contributed by atoms with Crippen LogP contribution in [0.15, 0.2) is 23.6 Å². The van der Waals surface area contributed by atoms with Gasteiger partial charge in [-0.05, 0) is 30.7 Å². The minimum absolute atomic E-state index is 0.581. The molecular weight excluding hydrogens is 216 g/mol. The molecule has 2 N–H and O–H groups in total. The van der Waals surface area contributed by atoms with E-state index < -0.39 is 0 Å². The first-order valence-corrected chi connectivity index (χ1v) is 5.39. The van der Waals surface area contributed by atoms with Crippen LogP contribution < -0.4 is 5.73 Å². The van der Waals surface area contributed by atoms with Gasteiger partial charge in [-0.3, -0.25) is 0 Å². The second-order valence-corrected chi connectivity index (χ2v) is 4.41. The lowest BCUT2D eigenvalue weighted by atomic mass is 10.1. The number of rotatable bonds is 1. The van der Waals surface area contributed by atoms with Gasteiger partial charge in [-0.2, -0.15) is 0 Å². The molecule has 0 aliphatic rings. The number of aromatic nitrogens is 1. The van der Waals surface area contributed by atoms with Gasteiger partial charge in [0, 0.05) is 16.0 Å². The number of nitrogen functional groups attached to an aromatic ring is 1. The first kappa shape index (κ1) is 9.49. The summed E-state index contributed by atoms with van der Waals surface area (Å²) in [6.45, 7) is 2.01. The molecule has 72 valence electrons. The Morgan fingerprint density at radius 2 is 2.14 bits per heavy atom. The highest BCUT2D eigenvalue weighted by Gasteiger charge is 2.03. The number of nitrogens with two attached hydrogens (primary N) is 1. The Hall–Kier alpha value is -1.06. The van der Waals surface area contributed by atoms with Crippen LogP contribution in [0.25, 0.3) is 11.3 Å². The molecule has 0 atom stereocenters. The predicted octanol–water partition coefficient (Wildman–Crippen LogP) is 3.35. The van der Waals surface area contributed by atoms with Crippen LogP contribution in [0.2, 0.25) is 5.02 Å². The summed E-state index contributed by atoms with van der Waals surface area (Å²) in [6.07, 6.45) is 0. The molecule has 0 saturated heterocycles. The van der Waals surface area contributed by atoms with E-state index in [2.05, 4.69) is 4.98 Å². The van der Waals surface area contributed by atoms with Gasteiger partial charge in [0.15, 0.2) is 5.13 Å². The topological polar surface area (TPSA) is 38.9 Å². The van der Waals surface area contributed by atoms with Crippen molar-refractivity contribution in [2.45, 2.75) is 6.92 Å². The van der Waals surface area contributed by atoms with Gasteiger partial charge in [-0.25, -0.2) is 4.98 Å². The maximum Gasteiger partial charge on any atom is 0.180 e. The van der Waals surface area contributed by atoms with Gasteiger partial charge in [0.25, 0.3) is 0 Å². The molecule has 14 heavy (non-hydrogen) atoms. The van der Waals surface area contributed by atoms with Gasteiger partial charge in [-0.15, -0.1) is 11.3 Å². The van der Waals surface area contributed by atoms with Gasteiger partial charge in [0.05, 0.1) is 5.69 Å². The van der Waals surface area contributed by atoms with Crippen molar-refractivity contribution >= 4 is 28.1 Å². The molecule has 1 heterocycles. The first-order valence-electron chi connectivity index (χ1n) is 4.14. The molecule has 0 amide bonds. The van der Waals surface area contributed by atoms with Gasteiger partial charge in [0.1, 0.15) is 0 Å². The Morgan fingerprint density at radius 3 is 2.71 bits per heavy atom. The van der Waals surface area contributed by atoms with E-state index in [0.717, 1.165) is 21.8 Å². The van der Waals surface area contributed by atoms with E-state index in [1.165, 1.54) is 11.3 Å². The molecule has 2 aromatic rings. The Balaban J connectivity index is 2.51. The fraction of sp³-hybridized carbons (Fsp3) is 0.100. The van der Waals surface area contributed by atoms with Gasteiger partial charge in [0.2, 0.25) is 0 Å². The van der Waals surface area contributed by atoms with Crippen LogP contribution >= 0.6 is 22.9 Å². The quantitative estimate of drug-likeness (QED) is 0.807. The Kier molecular flexibility index (Phi) is 2.44. The highest BCUT2D eigenvalue weighted by Crippen LogP contribution is 2.26. The second kappa shape index (κ2) is 3.59. The van der Waals surface area contributed by atoms with Crippen LogP contribution in [-0.2, 0) is 0 Å². The van der Waals surface area contributed by atoms with E-state index in [1.807, 2.05) is 30.5 Å². The summed E-state index contributed by atoms with van der Waals surface area (Å²) in [5.41, 5.74) is 8.59. The maximum atomic E-state index is 5.95. The molecule has 2 nitrogen and oxygen atoms in total. The fourth-order valence-electron chi connectivity index (χ4n) is 1.30. The molecule has 0 radical (unpaired) electrons. The molecule has 4 heteroatoms. The summed E-state index contributed by atoms with van der Waals surface area (Å²) in [4.78, 5) is 4.20. The van der Waals surface area contributed by atoms with Gasteiger partial charge >= 0.3 is 0 Å². The average molecular weight is 225 g/mol. The van der Waals surface area contributed by atoms with Crippen LogP contribution in [0.1, 0.15) is 5.56 Å². The summed E-state index contributed by atoms with van der Waals surface area (Å²) in [5, 5.41) is 3.24. The van der Waals surface area contributed by atoms with E-state index in [0.29, 0.717) is 5.13 Å². The van der Waals surface area contributed by atoms with Gasteiger partial charge < -0.3 is 5.73 Å². The molecule has 0 aliphatic carbocycles. The largest absolute Gasteiger partial charge is 0.375 e. The van der Waals surface area contributed by atoms with Crippen LogP contribution in [0.5, 0.6) is 0 Å². The minimum Gasteiger partial charge on any atom is -0.375 e. The van der Waals surface area contributed by atoms with Crippen molar-refractivity contribution in [1.82, 2.24) is 4.98 Å². The van der Waals surface area contributed by atoms with Crippen LogP contribution in [-0.4, -0.2) is 4.98 Å². The van der Waals surface area contributed by atoms with Crippen molar-refractivity contribution in [2.24, 2.45) is 0 Å². The third kappa shape index (κ3) is 1.89. The number of thiazole rings is 1. The smallest absolute Gasteiger partial charge is 0.180 e. The predicted molar refractivity (Wildman–Crippen MR) is 61.7 cm³/mol. The highest BCUT2D eigenvalue weighted by molar-refractivity contribution is 7.13. The van der Waals surface area contributed by atoms with E-state index in [1.54, 1.807) is 0 Å². The zero-order valence-corrected chi connectivity index (χ0v) is 9.19. The Morgan fingerprint density at radius 1 is 1.36 bits per heavy atom. The molecule has 0 spiro atoms. The summed E-state index contributed by atoms with van der Waals surface area (Å²) in [6, 6.07) is 5.85. The summed E-state index contributed by atoms with van der Waals surface area (Å²) >= 11 is 7.39. The highest BCUT2D eigenvalue weighted by atomic mass is 35.5. The van der Waals surface area contributed by atoms with Crippen molar-refractivity contribution in [3.8, 4) is 11.3 Å². The standard InChI is InChI=1S/C10H9ClN2S/c1-6-2-7(4-8(11)3-6)9-5-14-10(12)13-9/h2-5H,1H3,(H2,12,13). The summed E-state index contributed by atoms with van der Waals surface area (Å²) < 4.78 is 0. The molecule has 0 aliphatic heterocycles. The molecule has 1 aromatic heterocycles. The number of nitrogens with zero attached hydrogens (tertiary/aromatic N) is 1. The number of anilines is 1. The number of hydrogen-bond donors (Lipinski definition) is 1. The van der Waals surface area contributed by atoms with Crippen LogP contribution in [0.4, 0.5) is 5.13 Å². The lowest BCUT2D eigenvalue weighted by Crippen LogP contribution is -1.84. The lowest BCUT2D eigenvalue weighted by molar-refractivity contribution is 1.39. The van der Waals surface area contributed by atoms with E-state index in [9.17, 15) is 0 Å². The second-order valence-electron chi connectivity index (χ2n) is 3.09. The average Bonchev–Trinajstić information content (AvgIpc) is 2.50. The number of hydrogen-bond acceptors (Lipinski definition) is 3. The molecule has 1 aromatic carbocycles. The first-order chi connectivity index (χ1) is 6.65. The van der Waals surface area contributed by atoms with Crippen LogP contribution in [0.3, 0.4) is 0 Å². The zero-order valence-electron chi connectivity index (χ0n) is 7.62. The molecule has 0 unspecified atom stereocenters. The lowest BCUT2D eigenvalue weighted by Gasteiger charge is -1.99. The molecule has 0 bridgehead atoms.